The van der Waals surface area contributed by atoms with Crippen molar-refractivity contribution in [3.8, 4) is 11.3 Å². The smallest absolute Gasteiger partial charge is 0.136 e. The van der Waals surface area contributed by atoms with E-state index in [1.54, 1.807) is 0 Å². The second-order valence-electron chi connectivity index (χ2n) is 5.77. The van der Waals surface area contributed by atoms with Gasteiger partial charge in [0, 0.05) is 23.6 Å². The van der Waals surface area contributed by atoms with Crippen LogP contribution in [0.4, 0.5) is 0 Å². The molecule has 24 heavy (non-hydrogen) atoms. The van der Waals surface area contributed by atoms with Gasteiger partial charge in [-0.15, -0.1) is 0 Å². The molecule has 0 bridgehead atoms. The van der Waals surface area contributed by atoms with Crippen molar-refractivity contribution in [2.75, 3.05) is 26.2 Å². The highest BCUT2D eigenvalue weighted by molar-refractivity contribution is 5.78. The van der Waals surface area contributed by atoms with Gasteiger partial charge in [0.05, 0.1) is 11.9 Å². The largest absolute Gasteiger partial charge is 0.456 e. The van der Waals surface area contributed by atoms with E-state index < -0.39 is 0 Å². The molecule has 3 heteroatoms. The van der Waals surface area contributed by atoms with Crippen LogP contribution in [0.5, 0.6) is 0 Å². The number of hydrogen-bond acceptors (Lipinski definition) is 3. The van der Waals surface area contributed by atoms with E-state index in [-0.39, 0.29) is 0 Å². The summed E-state index contributed by atoms with van der Waals surface area (Å²) in [5.41, 5.74) is 1.95. The average molecular weight is 320 g/mol. The summed E-state index contributed by atoms with van der Waals surface area (Å²) in [5, 5.41) is 2.07. The maximum Gasteiger partial charge on any atom is 0.136 e. The number of para-hydroxylation sites is 1. The van der Waals surface area contributed by atoms with E-state index in [1.807, 2.05) is 36.4 Å². The Morgan fingerprint density at radius 1 is 0.917 bits per heavy atom. The van der Waals surface area contributed by atoms with Crippen molar-refractivity contribution >= 4 is 11.0 Å². The van der Waals surface area contributed by atoms with Crippen LogP contribution in [0.25, 0.3) is 22.3 Å². The third-order valence-electron chi connectivity index (χ3n) is 4.30. The first kappa shape index (κ1) is 16.5. The molecule has 0 saturated carbocycles. The minimum Gasteiger partial charge on any atom is -0.456 e. The topological polar surface area (TPSA) is 28.7 Å². The molecule has 0 saturated heterocycles. The number of rotatable bonds is 6. The molecule has 0 aliphatic carbocycles. The van der Waals surface area contributed by atoms with Crippen LogP contribution in [0.1, 0.15) is 13.8 Å². The average Bonchev–Trinajstić information content (AvgIpc) is 2.65. The van der Waals surface area contributed by atoms with Crippen molar-refractivity contribution in [1.82, 2.24) is 4.90 Å². The molecule has 0 atom stereocenters. The summed E-state index contributed by atoms with van der Waals surface area (Å²) in [6.07, 6.45) is 0. The zero-order valence-electron chi connectivity index (χ0n) is 14.4. The minimum atomic E-state index is 0.796. The molecule has 0 aliphatic heterocycles. The van der Waals surface area contributed by atoms with Gasteiger partial charge in [0.25, 0.3) is 0 Å². The van der Waals surface area contributed by atoms with Gasteiger partial charge < -0.3 is 9.32 Å². The number of nitrogens with zero attached hydrogens (tertiary/aromatic N) is 2. The zero-order chi connectivity index (χ0) is 16.8. The first-order valence-corrected chi connectivity index (χ1v) is 8.63. The molecular formula is C21H24N2O. The predicted molar refractivity (Wildman–Crippen MR) is 99.9 cm³/mol. The zero-order valence-corrected chi connectivity index (χ0v) is 14.4. The number of benzene rings is 2. The molecule has 3 nitrogen and oxygen atoms in total. The van der Waals surface area contributed by atoms with Gasteiger partial charge in [-0.3, -0.25) is 4.99 Å². The second kappa shape index (κ2) is 7.93. The van der Waals surface area contributed by atoms with E-state index in [9.17, 15) is 0 Å². The van der Waals surface area contributed by atoms with Crippen molar-refractivity contribution in [2.45, 2.75) is 13.8 Å². The Balaban J connectivity index is 2.02. The summed E-state index contributed by atoms with van der Waals surface area (Å²) in [6, 6.07) is 20.4. The van der Waals surface area contributed by atoms with E-state index in [1.165, 1.54) is 0 Å². The molecule has 2 aromatic carbocycles. The fourth-order valence-electron chi connectivity index (χ4n) is 2.84. The fourth-order valence-corrected chi connectivity index (χ4v) is 2.84. The summed E-state index contributed by atoms with van der Waals surface area (Å²) in [4.78, 5) is 7.24. The standard InChI is InChI=1S/C21H24N2O/c1-3-23(4-2)15-14-22-19-16-21(17-10-6-5-7-11-17)24-20-13-9-8-12-18(19)20/h5-13,16H,3-4,14-15H2,1-2H3. The maximum absolute atomic E-state index is 6.09. The Labute approximate surface area is 143 Å². The molecular weight excluding hydrogens is 296 g/mol. The van der Waals surface area contributed by atoms with E-state index in [0.29, 0.717) is 0 Å². The summed E-state index contributed by atoms with van der Waals surface area (Å²) in [6.45, 7) is 8.28. The van der Waals surface area contributed by atoms with Gasteiger partial charge >= 0.3 is 0 Å². The summed E-state index contributed by atoms with van der Waals surface area (Å²) >= 11 is 0. The van der Waals surface area contributed by atoms with E-state index in [2.05, 4.69) is 43.0 Å². The van der Waals surface area contributed by atoms with Crippen LogP contribution >= 0.6 is 0 Å². The number of likely N-dealkylation sites (N-methyl/N-ethyl adjacent to an activating group) is 1. The number of fused-ring (bicyclic) bond motifs is 1. The monoisotopic (exact) mass is 320 g/mol. The second-order valence-corrected chi connectivity index (χ2v) is 5.77. The van der Waals surface area contributed by atoms with Crippen LogP contribution in [-0.2, 0) is 0 Å². The van der Waals surface area contributed by atoms with Crippen LogP contribution < -0.4 is 5.36 Å². The number of hydrogen-bond donors (Lipinski definition) is 0. The van der Waals surface area contributed by atoms with Crippen molar-refractivity contribution < 1.29 is 4.42 Å². The minimum absolute atomic E-state index is 0.796. The molecule has 0 N–H and O–H groups in total. The van der Waals surface area contributed by atoms with Crippen LogP contribution in [0.3, 0.4) is 0 Å². The molecule has 0 radical (unpaired) electrons. The predicted octanol–water partition coefficient (Wildman–Crippen LogP) is 4.34. The fraction of sp³-hybridized carbons (Fsp3) is 0.286. The molecule has 0 spiro atoms. The highest BCUT2D eigenvalue weighted by atomic mass is 16.3. The lowest BCUT2D eigenvalue weighted by atomic mass is 10.1. The summed E-state index contributed by atoms with van der Waals surface area (Å²) in [5.74, 6) is 0.857. The molecule has 1 aromatic heterocycles. The van der Waals surface area contributed by atoms with Gasteiger partial charge in [0.1, 0.15) is 11.3 Å². The van der Waals surface area contributed by atoms with E-state index in [0.717, 1.165) is 53.8 Å². The van der Waals surface area contributed by atoms with Crippen LogP contribution in [0.2, 0.25) is 0 Å². The highest BCUT2D eigenvalue weighted by Crippen LogP contribution is 2.21. The first-order chi connectivity index (χ1) is 11.8. The Morgan fingerprint density at radius 3 is 2.38 bits per heavy atom. The molecule has 0 aliphatic rings. The summed E-state index contributed by atoms with van der Waals surface area (Å²) in [7, 11) is 0. The Hall–Kier alpha value is -2.39. The molecule has 1 heterocycles. The SMILES string of the molecule is CCN(CC)CCN=c1cc(-c2ccccc2)oc2ccccc12. The van der Waals surface area contributed by atoms with Crippen LogP contribution in [0, 0.1) is 0 Å². The van der Waals surface area contributed by atoms with Crippen LogP contribution in [0.15, 0.2) is 70.1 Å². The maximum atomic E-state index is 6.09. The van der Waals surface area contributed by atoms with Crippen molar-refractivity contribution in [2.24, 2.45) is 4.99 Å². The lowest BCUT2D eigenvalue weighted by Gasteiger charge is -2.16. The molecule has 0 fully saturated rings. The van der Waals surface area contributed by atoms with Crippen molar-refractivity contribution in [1.29, 1.82) is 0 Å². The van der Waals surface area contributed by atoms with Crippen LogP contribution in [-0.4, -0.2) is 31.1 Å². The van der Waals surface area contributed by atoms with Gasteiger partial charge in [0.2, 0.25) is 0 Å². The Bertz CT molecular complexity index is 848. The Kier molecular flexibility index (Phi) is 5.44. The molecule has 3 aromatic rings. The van der Waals surface area contributed by atoms with E-state index in [4.69, 9.17) is 9.41 Å². The molecule has 0 unspecified atom stereocenters. The first-order valence-electron chi connectivity index (χ1n) is 8.63. The van der Waals surface area contributed by atoms with Gasteiger partial charge in [-0.2, -0.15) is 0 Å². The third-order valence-corrected chi connectivity index (χ3v) is 4.30. The van der Waals surface area contributed by atoms with Gasteiger partial charge in [-0.25, -0.2) is 0 Å². The van der Waals surface area contributed by atoms with E-state index >= 15 is 0 Å². The van der Waals surface area contributed by atoms with Crippen molar-refractivity contribution in [3.63, 3.8) is 0 Å². The summed E-state index contributed by atoms with van der Waals surface area (Å²) < 4.78 is 6.09. The quantitative estimate of drug-likeness (QED) is 0.676. The lowest BCUT2D eigenvalue weighted by molar-refractivity contribution is 0.312. The molecule has 124 valence electrons. The highest BCUT2D eigenvalue weighted by Gasteiger charge is 2.05. The van der Waals surface area contributed by atoms with Gasteiger partial charge in [-0.1, -0.05) is 56.3 Å². The molecule has 0 amide bonds. The normalized spacial score (nSPS) is 12.2. The molecule has 3 rings (SSSR count). The third kappa shape index (κ3) is 3.74. The van der Waals surface area contributed by atoms with Gasteiger partial charge in [-0.05, 0) is 25.2 Å². The lowest BCUT2D eigenvalue weighted by Crippen LogP contribution is -2.26. The van der Waals surface area contributed by atoms with Crippen molar-refractivity contribution in [3.05, 3.63) is 66.0 Å². The Morgan fingerprint density at radius 2 is 1.62 bits per heavy atom. The van der Waals surface area contributed by atoms with Gasteiger partial charge in [0.15, 0.2) is 0 Å².